The van der Waals surface area contributed by atoms with Crippen LogP contribution in [0.15, 0.2) is 48.5 Å². The maximum atomic E-state index is 3.77. The number of hydrogen-bond acceptors (Lipinski definition) is 1. The smallest absolute Gasteiger partial charge is 0.00789 e. The number of aryl methyl sites for hydroxylation is 1. The minimum absolute atomic E-state index is 0.726. The first-order valence-electron chi connectivity index (χ1n) is 8.17. The van der Waals surface area contributed by atoms with Crippen molar-refractivity contribution in [3.05, 3.63) is 70.8 Å². The second-order valence-corrected chi connectivity index (χ2v) is 6.78. The highest BCUT2D eigenvalue weighted by atomic mass is 14.9. The lowest BCUT2D eigenvalue weighted by Gasteiger charge is -2.39. The molecule has 1 atom stereocenters. The molecular weight excluding hydrogens is 254 g/mol. The van der Waals surface area contributed by atoms with E-state index in [2.05, 4.69) is 60.8 Å². The van der Waals surface area contributed by atoms with E-state index in [0.29, 0.717) is 0 Å². The van der Waals surface area contributed by atoms with Crippen molar-refractivity contribution in [2.75, 3.05) is 6.54 Å². The maximum absolute atomic E-state index is 3.77. The van der Waals surface area contributed by atoms with Gasteiger partial charge in [0, 0.05) is 18.5 Å². The predicted octanol–water partition coefficient (Wildman–Crippen LogP) is 4.17. The monoisotopic (exact) mass is 277 g/mol. The summed E-state index contributed by atoms with van der Waals surface area (Å²) in [6.07, 6.45) is 3.87. The number of rotatable bonds is 4. The van der Waals surface area contributed by atoms with Crippen LogP contribution in [0.2, 0.25) is 0 Å². The molecule has 0 bridgehead atoms. The van der Waals surface area contributed by atoms with Crippen molar-refractivity contribution >= 4 is 0 Å². The molecule has 1 unspecified atom stereocenters. The summed E-state index contributed by atoms with van der Waals surface area (Å²) in [5.41, 5.74) is 6.00. The van der Waals surface area contributed by atoms with Crippen molar-refractivity contribution in [1.82, 2.24) is 5.32 Å². The Hall–Kier alpha value is -1.60. The lowest BCUT2D eigenvalue weighted by atomic mass is 9.74. The average molecular weight is 277 g/mol. The quantitative estimate of drug-likeness (QED) is 0.884. The Morgan fingerprint density at radius 1 is 1.00 bits per heavy atom. The highest BCUT2D eigenvalue weighted by Crippen LogP contribution is 2.38. The molecule has 1 heteroatoms. The summed E-state index contributed by atoms with van der Waals surface area (Å²) in [6.45, 7) is 3.31. The normalized spacial score (nSPS) is 26.6. The first kappa shape index (κ1) is 13.1. The molecule has 2 aliphatic carbocycles. The fourth-order valence-corrected chi connectivity index (χ4v) is 3.75. The fraction of sp³-hybridized carbons (Fsp3) is 0.400. The van der Waals surface area contributed by atoms with Crippen LogP contribution in [-0.4, -0.2) is 12.6 Å². The molecule has 0 radical (unpaired) electrons. The zero-order chi connectivity index (χ0) is 14.2. The largest absolute Gasteiger partial charge is 0.313 e. The topological polar surface area (TPSA) is 12.0 Å². The van der Waals surface area contributed by atoms with Gasteiger partial charge < -0.3 is 5.32 Å². The molecule has 1 nitrogen and oxygen atoms in total. The zero-order valence-electron chi connectivity index (χ0n) is 12.7. The molecule has 0 heterocycles. The zero-order valence-corrected chi connectivity index (χ0v) is 12.7. The highest BCUT2D eigenvalue weighted by Gasteiger charge is 2.32. The van der Waals surface area contributed by atoms with Crippen LogP contribution in [-0.2, 0) is 6.42 Å². The first-order valence-corrected chi connectivity index (χ1v) is 8.17. The van der Waals surface area contributed by atoms with Crippen molar-refractivity contribution in [3.63, 3.8) is 0 Å². The molecule has 1 fully saturated rings. The molecule has 1 saturated carbocycles. The Morgan fingerprint density at radius 2 is 1.76 bits per heavy atom. The van der Waals surface area contributed by atoms with E-state index >= 15 is 0 Å². The van der Waals surface area contributed by atoms with Crippen LogP contribution in [0.5, 0.6) is 0 Å². The average Bonchev–Trinajstić information content (AvgIpc) is 2.43. The van der Waals surface area contributed by atoms with Gasteiger partial charge in [-0.05, 0) is 48.8 Å². The van der Waals surface area contributed by atoms with E-state index in [1.54, 1.807) is 11.1 Å². The molecule has 0 aromatic heterocycles. The van der Waals surface area contributed by atoms with Crippen LogP contribution in [0.1, 0.15) is 46.9 Å². The summed E-state index contributed by atoms with van der Waals surface area (Å²) in [6, 6.07) is 18.7. The summed E-state index contributed by atoms with van der Waals surface area (Å²) in [4.78, 5) is 0. The molecule has 0 saturated heterocycles. The van der Waals surface area contributed by atoms with Crippen molar-refractivity contribution in [1.29, 1.82) is 0 Å². The van der Waals surface area contributed by atoms with Gasteiger partial charge in [0.25, 0.3) is 0 Å². The third-order valence-corrected chi connectivity index (χ3v) is 5.30. The molecule has 2 aromatic carbocycles. The fourth-order valence-electron chi connectivity index (χ4n) is 3.75. The summed E-state index contributed by atoms with van der Waals surface area (Å²) >= 11 is 0. The van der Waals surface area contributed by atoms with Crippen LogP contribution in [0.4, 0.5) is 0 Å². The second-order valence-electron chi connectivity index (χ2n) is 6.78. The second kappa shape index (κ2) is 5.31. The van der Waals surface area contributed by atoms with Gasteiger partial charge in [-0.15, -0.1) is 0 Å². The standard InChI is InChI=1S/C20H23N/c1-14-6-8-15(9-7-14)17-11-19(12-17)21-13-18-10-16-4-2-3-5-20(16)18/h2-9,17-19,21H,10-13H2,1H3. The number of fused-ring (bicyclic) bond motifs is 1. The first-order chi connectivity index (χ1) is 10.3. The Balaban J connectivity index is 1.25. The van der Waals surface area contributed by atoms with Gasteiger partial charge in [0.05, 0.1) is 0 Å². The number of hydrogen-bond donors (Lipinski definition) is 1. The van der Waals surface area contributed by atoms with Gasteiger partial charge in [-0.25, -0.2) is 0 Å². The van der Waals surface area contributed by atoms with Gasteiger partial charge in [-0.3, -0.25) is 0 Å². The molecule has 108 valence electrons. The number of benzene rings is 2. The van der Waals surface area contributed by atoms with Gasteiger partial charge in [-0.1, -0.05) is 54.1 Å². The van der Waals surface area contributed by atoms with E-state index in [1.165, 1.54) is 30.4 Å². The molecule has 1 N–H and O–H groups in total. The molecule has 0 aliphatic heterocycles. The molecule has 21 heavy (non-hydrogen) atoms. The van der Waals surface area contributed by atoms with Crippen LogP contribution < -0.4 is 5.32 Å². The predicted molar refractivity (Wildman–Crippen MR) is 87.8 cm³/mol. The highest BCUT2D eigenvalue weighted by molar-refractivity contribution is 5.40. The summed E-state index contributed by atoms with van der Waals surface area (Å²) in [5.74, 6) is 1.52. The van der Waals surface area contributed by atoms with Crippen molar-refractivity contribution < 1.29 is 0 Å². The molecule has 2 aliphatic rings. The lowest BCUT2D eigenvalue weighted by molar-refractivity contribution is 0.283. The van der Waals surface area contributed by atoms with E-state index in [0.717, 1.165) is 24.4 Å². The Bertz CT molecular complexity index is 623. The SMILES string of the molecule is Cc1ccc(C2CC(NCC3Cc4ccccc43)C2)cc1. The Labute approximate surface area is 127 Å². The van der Waals surface area contributed by atoms with Gasteiger partial charge in [-0.2, -0.15) is 0 Å². The summed E-state index contributed by atoms with van der Waals surface area (Å²) < 4.78 is 0. The van der Waals surface area contributed by atoms with Crippen LogP contribution in [0.25, 0.3) is 0 Å². The summed E-state index contributed by atoms with van der Waals surface area (Å²) in [7, 11) is 0. The van der Waals surface area contributed by atoms with E-state index in [1.807, 2.05) is 0 Å². The van der Waals surface area contributed by atoms with Gasteiger partial charge in [0.15, 0.2) is 0 Å². The third-order valence-electron chi connectivity index (χ3n) is 5.30. The molecule has 0 amide bonds. The third kappa shape index (κ3) is 2.51. The van der Waals surface area contributed by atoms with Crippen molar-refractivity contribution in [3.8, 4) is 0 Å². The van der Waals surface area contributed by atoms with Gasteiger partial charge in [0.1, 0.15) is 0 Å². The maximum Gasteiger partial charge on any atom is 0.00789 e. The Morgan fingerprint density at radius 3 is 2.52 bits per heavy atom. The van der Waals surface area contributed by atoms with Crippen LogP contribution in [0.3, 0.4) is 0 Å². The lowest BCUT2D eigenvalue weighted by Crippen LogP contribution is -2.43. The van der Waals surface area contributed by atoms with Crippen LogP contribution >= 0.6 is 0 Å². The molecule has 0 spiro atoms. The van der Waals surface area contributed by atoms with E-state index in [4.69, 9.17) is 0 Å². The molecule has 2 aromatic rings. The van der Waals surface area contributed by atoms with Gasteiger partial charge >= 0.3 is 0 Å². The van der Waals surface area contributed by atoms with E-state index < -0.39 is 0 Å². The van der Waals surface area contributed by atoms with Crippen molar-refractivity contribution in [2.24, 2.45) is 0 Å². The van der Waals surface area contributed by atoms with Crippen LogP contribution in [0, 0.1) is 6.92 Å². The number of nitrogens with one attached hydrogen (secondary N) is 1. The van der Waals surface area contributed by atoms with Gasteiger partial charge in [0.2, 0.25) is 0 Å². The minimum Gasteiger partial charge on any atom is -0.313 e. The minimum atomic E-state index is 0.726. The van der Waals surface area contributed by atoms with E-state index in [-0.39, 0.29) is 0 Å². The van der Waals surface area contributed by atoms with E-state index in [9.17, 15) is 0 Å². The summed E-state index contributed by atoms with van der Waals surface area (Å²) in [5, 5.41) is 3.77. The molecular formula is C20H23N. The Kier molecular flexibility index (Phi) is 3.31. The molecule has 4 rings (SSSR count). The van der Waals surface area contributed by atoms with Crippen molar-refractivity contribution in [2.45, 2.75) is 44.1 Å².